The molecule has 9 heavy (non-hydrogen) atoms. The van der Waals surface area contributed by atoms with E-state index in [-0.39, 0.29) is 5.75 Å². The lowest BCUT2D eigenvalue weighted by molar-refractivity contribution is -0.256. The number of nitrogens with two attached hydrogens (primary N) is 1. The third-order valence-corrected chi connectivity index (χ3v) is 1.10. The number of phenolic OH excluding ortho intramolecular Hbond substituents is 1. The minimum absolute atomic E-state index is 0.184. The van der Waals surface area contributed by atoms with Gasteiger partial charge in [-0.15, -0.1) is 0 Å². The zero-order chi connectivity index (χ0) is 6.85. The number of aromatic hydroxyl groups is 1. The number of phenols is 1. The molecule has 0 aromatic heterocycles. The molecule has 3 nitrogen and oxygen atoms in total. The Labute approximate surface area is 52.9 Å². The molecule has 3 heteroatoms. The van der Waals surface area contributed by atoms with Crippen LogP contribution in [0.1, 0.15) is 0 Å². The van der Waals surface area contributed by atoms with E-state index < -0.39 is 0 Å². The van der Waals surface area contributed by atoms with Crippen molar-refractivity contribution in [3.63, 3.8) is 0 Å². The monoisotopic (exact) mass is 125 g/mol. The largest absolute Gasteiger partial charge is 0.503 e. The SMILES string of the molecule is Nc1ccc(O)c([NH3+])c1. The maximum atomic E-state index is 8.93. The second-order valence-corrected chi connectivity index (χ2v) is 1.89. The third-order valence-electron chi connectivity index (χ3n) is 1.10. The first kappa shape index (κ1) is 5.91. The molecule has 0 bridgehead atoms. The number of anilines is 1. The van der Waals surface area contributed by atoms with Gasteiger partial charge in [-0.3, -0.25) is 0 Å². The topological polar surface area (TPSA) is 73.9 Å². The molecule has 0 unspecified atom stereocenters. The number of quaternary nitrogens is 1. The number of hydrogen-bond acceptors (Lipinski definition) is 2. The minimum atomic E-state index is 0.184. The molecule has 0 aliphatic carbocycles. The normalized spacial score (nSPS) is 9.44. The summed E-state index contributed by atoms with van der Waals surface area (Å²) in [6, 6.07) is 4.77. The van der Waals surface area contributed by atoms with Crippen molar-refractivity contribution in [2.45, 2.75) is 0 Å². The quantitative estimate of drug-likeness (QED) is 0.333. The van der Waals surface area contributed by atoms with E-state index in [0.717, 1.165) is 0 Å². The summed E-state index contributed by atoms with van der Waals surface area (Å²) in [5.41, 5.74) is 10.1. The first-order chi connectivity index (χ1) is 4.20. The molecule has 0 atom stereocenters. The fourth-order valence-electron chi connectivity index (χ4n) is 0.605. The van der Waals surface area contributed by atoms with Crippen LogP contribution in [0.15, 0.2) is 18.2 Å². The molecule has 1 rings (SSSR count). The fraction of sp³-hybridized carbons (Fsp3) is 0. The molecule has 0 fully saturated rings. The summed E-state index contributed by atoms with van der Waals surface area (Å²) in [5, 5.41) is 8.93. The van der Waals surface area contributed by atoms with Gasteiger partial charge in [-0.1, -0.05) is 0 Å². The van der Waals surface area contributed by atoms with Crippen molar-refractivity contribution in [3.8, 4) is 5.75 Å². The van der Waals surface area contributed by atoms with Crippen molar-refractivity contribution in [3.05, 3.63) is 18.2 Å². The second kappa shape index (κ2) is 1.95. The summed E-state index contributed by atoms with van der Waals surface area (Å²) < 4.78 is 0. The standard InChI is InChI=1S/C6H8N2O/c7-4-1-2-6(9)5(8)3-4/h1-3,9H,7-8H2/p+1. The van der Waals surface area contributed by atoms with Gasteiger partial charge in [0.15, 0.2) is 11.4 Å². The lowest BCUT2D eigenvalue weighted by Crippen LogP contribution is -2.40. The maximum absolute atomic E-state index is 8.93. The van der Waals surface area contributed by atoms with Gasteiger partial charge in [0.05, 0.1) is 0 Å². The Morgan fingerprint density at radius 3 is 2.56 bits per heavy atom. The van der Waals surface area contributed by atoms with Gasteiger partial charge < -0.3 is 16.6 Å². The van der Waals surface area contributed by atoms with Crippen LogP contribution in [0.4, 0.5) is 11.4 Å². The Hall–Kier alpha value is -1.22. The lowest BCUT2D eigenvalue weighted by atomic mass is 10.3. The predicted octanol–water partition coefficient (Wildman–Crippen LogP) is -0.152. The smallest absolute Gasteiger partial charge is 0.177 e. The van der Waals surface area contributed by atoms with Gasteiger partial charge in [-0.2, -0.15) is 0 Å². The van der Waals surface area contributed by atoms with E-state index in [4.69, 9.17) is 10.8 Å². The Balaban J connectivity index is 3.17. The summed E-state index contributed by atoms with van der Waals surface area (Å²) in [4.78, 5) is 0. The number of benzene rings is 1. The van der Waals surface area contributed by atoms with Crippen LogP contribution in [-0.2, 0) is 0 Å². The van der Waals surface area contributed by atoms with Crippen molar-refractivity contribution in [1.82, 2.24) is 0 Å². The Bertz CT molecular complexity index is 222. The molecule has 0 saturated heterocycles. The van der Waals surface area contributed by atoms with Crippen LogP contribution in [0, 0.1) is 0 Å². The predicted molar refractivity (Wildman–Crippen MR) is 35.1 cm³/mol. The first-order valence-electron chi connectivity index (χ1n) is 2.60. The van der Waals surface area contributed by atoms with E-state index in [2.05, 4.69) is 5.73 Å². The Morgan fingerprint density at radius 1 is 1.44 bits per heavy atom. The summed E-state index contributed by atoms with van der Waals surface area (Å²) in [6.45, 7) is 0. The van der Waals surface area contributed by atoms with E-state index in [1.807, 2.05) is 0 Å². The van der Waals surface area contributed by atoms with Crippen LogP contribution < -0.4 is 11.5 Å². The van der Waals surface area contributed by atoms with E-state index in [0.29, 0.717) is 11.4 Å². The van der Waals surface area contributed by atoms with Crippen molar-refractivity contribution >= 4 is 11.4 Å². The summed E-state index contributed by atoms with van der Waals surface area (Å²) in [7, 11) is 0. The van der Waals surface area contributed by atoms with Gasteiger partial charge in [-0.25, -0.2) is 0 Å². The van der Waals surface area contributed by atoms with Crippen LogP contribution >= 0.6 is 0 Å². The molecular formula is C6H9N2O+. The van der Waals surface area contributed by atoms with E-state index >= 15 is 0 Å². The minimum Gasteiger partial charge on any atom is -0.503 e. The van der Waals surface area contributed by atoms with Crippen LogP contribution in [0.3, 0.4) is 0 Å². The summed E-state index contributed by atoms with van der Waals surface area (Å²) in [5.74, 6) is 0.184. The number of rotatable bonds is 0. The molecule has 0 amide bonds. The zero-order valence-electron chi connectivity index (χ0n) is 4.96. The molecule has 48 valence electrons. The van der Waals surface area contributed by atoms with Crippen LogP contribution in [-0.4, -0.2) is 5.11 Å². The van der Waals surface area contributed by atoms with Crippen LogP contribution in [0.25, 0.3) is 0 Å². The van der Waals surface area contributed by atoms with E-state index in [9.17, 15) is 0 Å². The maximum Gasteiger partial charge on any atom is 0.177 e. The Morgan fingerprint density at radius 2 is 2.11 bits per heavy atom. The van der Waals surface area contributed by atoms with Gasteiger partial charge in [-0.05, 0) is 12.1 Å². The second-order valence-electron chi connectivity index (χ2n) is 1.89. The molecule has 6 N–H and O–H groups in total. The highest BCUT2D eigenvalue weighted by Crippen LogP contribution is 2.19. The van der Waals surface area contributed by atoms with Crippen LogP contribution in [0.2, 0.25) is 0 Å². The fourth-order valence-corrected chi connectivity index (χ4v) is 0.605. The van der Waals surface area contributed by atoms with Crippen molar-refractivity contribution in [2.75, 3.05) is 5.73 Å². The molecular weight excluding hydrogens is 116 g/mol. The molecule has 0 spiro atoms. The van der Waals surface area contributed by atoms with Gasteiger partial charge in [0.25, 0.3) is 0 Å². The molecule has 0 saturated carbocycles. The third kappa shape index (κ3) is 1.12. The van der Waals surface area contributed by atoms with Crippen molar-refractivity contribution in [1.29, 1.82) is 0 Å². The highest BCUT2D eigenvalue weighted by Gasteiger charge is 1.97. The molecule has 0 heterocycles. The van der Waals surface area contributed by atoms with Gasteiger partial charge in [0, 0.05) is 11.8 Å². The van der Waals surface area contributed by atoms with Gasteiger partial charge in [0.1, 0.15) is 0 Å². The van der Waals surface area contributed by atoms with Gasteiger partial charge >= 0.3 is 0 Å². The van der Waals surface area contributed by atoms with Crippen molar-refractivity contribution in [2.24, 2.45) is 0 Å². The highest BCUT2D eigenvalue weighted by atomic mass is 16.3. The lowest BCUT2D eigenvalue weighted by Gasteiger charge is -1.93. The summed E-state index contributed by atoms with van der Waals surface area (Å²) >= 11 is 0. The molecule has 0 radical (unpaired) electrons. The highest BCUT2D eigenvalue weighted by molar-refractivity contribution is 5.54. The number of hydrogen-bond donors (Lipinski definition) is 3. The molecule has 0 aliphatic heterocycles. The zero-order valence-corrected chi connectivity index (χ0v) is 4.96. The molecule has 1 aromatic carbocycles. The number of nitrogen functional groups attached to an aromatic ring is 1. The van der Waals surface area contributed by atoms with E-state index in [1.165, 1.54) is 6.07 Å². The van der Waals surface area contributed by atoms with E-state index in [1.54, 1.807) is 12.1 Å². The Kier molecular flexibility index (Phi) is 1.28. The average Bonchev–Trinajstić information content (AvgIpc) is 1.80. The van der Waals surface area contributed by atoms with Crippen molar-refractivity contribution < 1.29 is 10.8 Å². The van der Waals surface area contributed by atoms with Crippen LogP contribution in [0.5, 0.6) is 5.75 Å². The molecule has 0 aliphatic rings. The molecule has 1 aromatic rings. The first-order valence-corrected chi connectivity index (χ1v) is 2.60. The van der Waals surface area contributed by atoms with Gasteiger partial charge in [0.2, 0.25) is 0 Å². The summed E-state index contributed by atoms with van der Waals surface area (Å²) in [6.07, 6.45) is 0. The average molecular weight is 125 g/mol.